The predicted molar refractivity (Wildman–Crippen MR) is 15.6 cm³/mol. The van der Waals surface area contributed by atoms with E-state index >= 15 is 0 Å². The Kier molecular flexibility index (Phi) is 21.9. The van der Waals surface area contributed by atoms with E-state index in [0.29, 0.717) is 0 Å². The van der Waals surface area contributed by atoms with Crippen LogP contribution in [0.5, 0.6) is 0 Å². The maximum Gasteiger partial charge on any atom is 4.00 e. The quantitative estimate of drug-likeness (QED) is 0.468. The first-order valence-corrected chi connectivity index (χ1v) is 2.10. The molecule has 0 heterocycles. The molecule has 8 heavy (non-hydrogen) atoms. The Morgan fingerprint density at radius 1 is 1.00 bits per heavy atom. The van der Waals surface area contributed by atoms with Crippen LogP contribution in [0.3, 0.4) is 0 Å². The molecule has 0 fully saturated rings. The van der Waals surface area contributed by atoms with Crippen LogP contribution in [-0.4, -0.2) is 17.5 Å². The van der Waals surface area contributed by atoms with Gasteiger partial charge in [0.15, 0.2) is 0 Å². The summed E-state index contributed by atoms with van der Waals surface area (Å²) in [7, 11) is -4.67. The molecule has 0 amide bonds. The van der Waals surface area contributed by atoms with Gasteiger partial charge in [0.25, 0.3) is 0 Å². The van der Waals surface area contributed by atoms with Crippen LogP contribution >= 0.6 is 0 Å². The number of rotatable bonds is 0. The maximum absolute atomic E-state index is 8.74. The molecule has 49 valence electrons. The molecule has 8 heteroatoms. The average molecular weight is 181 g/mol. The van der Waals surface area contributed by atoms with Crippen molar-refractivity contribution in [2.45, 2.75) is 0 Å². The zero-order valence-electron chi connectivity index (χ0n) is 3.38. The Balaban J connectivity index is -0.0000000267. The molecule has 0 saturated carbocycles. The fraction of sp³-hybridized carbons (Fsp3) is 0. The molecule has 2 N–H and O–H groups in total. The molecule has 0 spiro atoms. The standard InChI is InChI=1S/H2O4S.2O.V/c1-5(2,3)4;;;/h(H2,1,2,3,4);;;/q;2*-2;+4. The fourth-order valence-corrected chi connectivity index (χ4v) is 0. The number of hydrogen-bond acceptors (Lipinski definition) is 2. The molecule has 0 atom stereocenters. The minimum atomic E-state index is -4.67. The topological polar surface area (TPSA) is 132 Å². The van der Waals surface area contributed by atoms with Crippen molar-refractivity contribution in [2.75, 3.05) is 0 Å². The maximum atomic E-state index is 8.74. The van der Waals surface area contributed by atoms with E-state index < -0.39 is 10.4 Å². The van der Waals surface area contributed by atoms with Gasteiger partial charge in [-0.1, -0.05) is 0 Å². The molecule has 1 radical (unpaired) electrons. The Hall–Kier alpha value is 0.374. The average Bonchev–Trinajstić information content (AvgIpc) is 0.722. The van der Waals surface area contributed by atoms with Gasteiger partial charge in [0, 0.05) is 0 Å². The molecule has 0 aliphatic heterocycles. The first kappa shape index (κ1) is 23.8. The molecule has 0 aromatic heterocycles. The zero-order valence-corrected chi connectivity index (χ0v) is 5.60. The summed E-state index contributed by atoms with van der Waals surface area (Å²) in [6.45, 7) is 0. The third-order valence-electron chi connectivity index (χ3n) is 0. The summed E-state index contributed by atoms with van der Waals surface area (Å²) in [5.74, 6) is 0. The van der Waals surface area contributed by atoms with Crippen molar-refractivity contribution in [1.29, 1.82) is 0 Å². The monoisotopic (exact) mass is 181 g/mol. The molecule has 0 aliphatic carbocycles. The smallest absolute Gasteiger partial charge is 2.00 e. The Labute approximate surface area is 58.0 Å². The minimum absolute atomic E-state index is 0. The fourth-order valence-electron chi connectivity index (χ4n) is 0. The van der Waals surface area contributed by atoms with Crippen molar-refractivity contribution in [3.63, 3.8) is 0 Å². The summed E-state index contributed by atoms with van der Waals surface area (Å²) in [4.78, 5) is 0. The van der Waals surface area contributed by atoms with Crippen molar-refractivity contribution < 1.29 is 47.0 Å². The van der Waals surface area contributed by atoms with Crippen LogP contribution in [0.15, 0.2) is 0 Å². The summed E-state index contributed by atoms with van der Waals surface area (Å²) >= 11 is 0. The summed E-state index contributed by atoms with van der Waals surface area (Å²) < 4.78 is 31.6. The van der Waals surface area contributed by atoms with Crippen LogP contribution < -0.4 is 0 Å². The van der Waals surface area contributed by atoms with Crippen molar-refractivity contribution >= 4 is 10.4 Å². The van der Waals surface area contributed by atoms with Crippen LogP contribution in [0.4, 0.5) is 0 Å². The van der Waals surface area contributed by atoms with Gasteiger partial charge in [0.1, 0.15) is 0 Å². The van der Waals surface area contributed by atoms with E-state index in [-0.39, 0.29) is 29.5 Å². The van der Waals surface area contributed by atoms with Crippen molar-refractivity contribution in [1.82, 2.24) is 0 Å². The van der Waals surface area contributed by atoms with E-state index in [2.05, 4.69) is 0 Å². The van der Waals surface area contributed by atoms with Crippen LogP contribution in [0.2, 0.25) is 0 Å². The van der Waals surface area contributed by atoms with E-state index in [9.17, 15) is 0 Å². The molecular formula is H2O6SV. The Morgan fingerprint density at radius 2 is 1.00 bits per heavy atom. The van der Waals surface area contributed by atoms with Crippen molar-refractivity contribution in [3.8, 4) is 0 Å². The van der Waals surface area contributed by atoms with Gasteiger partial charge in [-0.05, 0) is 0 Å². The molecule has 0 aromatic carbocycles. The third kappa shape index (κ3) is 1310. The van der Waals surface area contributed by atoms with E-state index in [1.807, 2.05) is 0 Å². The molecule has 0 rings (SSSR count). The Morgan fingerprint density at radius 3 is 1.00 bits per heavy atom. The predicted octanol–water partition coefficient (Wildman–Crippen LogP) is -0.893. The van der Waals surface area contributed by atoms with Crippen LogP contribution in [0, 0.1) is 0 Å². The number of hydrogen-bond donors (Lipinski definition) is 2. The van der Waals surface area contributed by atoms with Crippen molar-refractivity contribution in [2.24, 2.45) is 0 Å². The first-order chi connectivity index (χ1) is 2.00. The van der Waals surface area contributed by atoms with Crippen LogP contribution in [0.1, 0.15) is 0 Å². The molecule has 6 nitrogen and oxygen atoms in total. The van der Waals surface area contributed by atoms with Crippen LogP contribution in [-0.2, 0) is 39.9 Å². The second kappa shape index (κ2) is 7.37. The first-order valence-electron chi connectivity index (χ1n) is 0.698. The van der Waals surface area contributed by atoms with Gasteiger partial charge in [0.2, 0.25) is 0 Å². The second-order valence-electron chi connectivity index (χ2n) is 0.448. The summed E-state index contributed by atoms with van der Waals surface area (Å²) in [5, 5.41) is 0. The van der Waals surface area contributed by atoms with Gasteiger partial charge < -0.3 is 11.0 Å². The van der Waals surface area contributed by atoms with E-state index in [1.54, 1.807) is 0 Å². The molecule has 0 unspecified atom stereocenters. The van der Waals surface area contributed by atoms with Gasteiger partial charge in [-0.2, -0.15) is 8.42 Å². The van der Waals surface area contributed by atoms with Crippen LogP contribution in [0.25, 0.3) is 0 Å². The molecular weight excluding hydrogens is 179 g/mol. The van der Waals surface area contributed by atoms with E-state index in [4.69, 9.17) is 17.5 Å². The van der Waals surface area contributed by atoms with E-state index in [1.165, 1.54) is 0 Å². The summed E-state index contributed by atoms with van der Waals surface area (Å²) in [5.41, 5.74) is 0. The normalized spacial score (nSPS) is 7.25. The minimum Gasteiger partial charge on any atom is -2.00 e. The molecule has 0 aliphatic rings. The van der Waals surface area contributed by atoms with Gasteiger partial charge in [-0.15, -0.1) is 0 Å². The zero-order chi connectivity index (χ0) is 4.50. The molecule has 0 aromatic rings. The summed E-state index contributed by atoms with van der Waals surface area (Å²) in [6.07, 6.45) is 0. The van der Waals surface area contributed by atoms with Gasteiger partial charge >= 0.3 is 29.0 Å². The Bertz CT molecular complexity index is 91.7. The molecule has 0 saturated heterocycles. The summed E-state index contributed by atoms with van der Waals surface area (Å²) in [6, 6.07) is 0. The van der Waals surface area contributed by atoms with E-state index in [0.717, 1.165) is 0 Å². The largest absolute Gasteiger partial charge is 4.00 e. The SMILES string of the molecule is O=S(=O)(O)O.[O-2].[O-2].[V+4]. The van der Waals surface area contributed by atoms with Gasteiger partial charge in [-0.3, -0.25) is 9.11 Å². The second-order valence-corrected chi connectivity index (χ2v) is 1.34. The van der Waals surface area contributed by atoms with Gasteiger partial charge in [-0.25, -0.2) is 0 Å². The molecule has 0 bridgehead atoms. The van der Waals surface area contributed by atoms with Crippen molar-refractivity contribution in [3.05, 3.63) is 0 Å². The van der Waals surface area contributed by atoms with Gasteiger partial charge in [0.05, 0.1) is 0 Å². The third-order valence-corrected chi connectivity index (χ3v) is 0.